The number of aliphatic carboxylic acids is 1. The molecule has 0 bridgehead atoms. The van der Waals surface area contributed by atoms with Crippen LogP contribution in [0, 0.1) is 0 Å². The molecular formula is C10H20N2O4S. The SMILES string of the molecule is COCCC(NC(=O)N(C)CCSC)C(=O)O. The van der Waals surface area contributed by atoms with Crippen LogP contribution in [0.15, 0.2) is 0 Å². The van der Waals surface area contributed by atoms with E-state index in [-0.39, 0.29) is 12.5 Å². The first-order valence-corrected chi connectivity index (χ1v) is 6.64. The predicted molar refractivity (Wildman–Crippen MR) is 67.5 cm³/mol. The van der Waals surface area contributed by atoms with Gasteiger partial charge in [0.2, 0.25) is 0 Å². The van der Waals surface area contributed by atoms with E-state index in [1.807, 2.05) is 6.26 Å². The van der Waals surface area contributed by atoms with Crippen molar-refractivity contribution in [2.75, 3.05) is 39.3 Å². The molecule has 6 nitrogen and oxygen atoms in total. The van der Waals surface area contributed by atoms with Gasteiger partial charge in [-0.25, -0.2) is 9.59 Å². The van der Waals surface area contributed by atoms with Gasteiger partial charge < -0.3 is 20.1 Å². The van der Waals surface area contributed by atoms with E-state index in [0.717, 1.165) is 5.75 Å². The molecule has 2 amide bonds. The van der Waals surface area contributed by atoms with Crippen molar-refractivity contribution in [2.24, 2.45) is 0 Å². The van der Waals surface area contributed by atoms with E-state index >= 15 is 0 Å². The Morgan fingerprint density at radius 2 is 2.18 bits per heavy atom. The highest BCUT2D eigenvalue weighted by Crippen LogP contribution is 1.97. The number of nitrogens with zero attached hydrogens (tertiary/aromatic N) is 1. The minimum Gasteiger partial charge on any atom is -0.480 e. The third kappa shape index (κ3) is 7.06. The molecule has 7 heteroatoms. The lowest BCUT2D eigenvalue weighted by molar-refractivity contribution is -0.139. The van der Waals surface area contributed by atoms with E-state index < -0.39 is 12.0 Å². The lowest BCUT2D eigenvalue weighted by atomic mass is 10.2. The van der Waals surface area contributed by atoms with E-state index in [2.05, 4.69) is 5.32 Å². The zero-order valence-electron chi connectivity index (χ0n) is 10.4. The maximum absolute atomic E-state index is 11.6. The molecule has 0 aliphatic heterocycles. The van der Waals surface area contributed by atoms with Crippen LogP contribution in [0.1, 0.15) is 6.42 Å². The Morgan fingerprint density at radius 3 is 2.65 bits per heavy atom. The molecule has 1 atom stereocenters. The third-order valence-corrected chi connectivity index (χ3v) is 2.77. The van der Waals surface area contributed by atoms with Gasteiger partial charge in [-0.2, -0.15) is 11.8 Å². The molecule has 0 aromatic heterocycles. The van der Waals surface area contributed by atoms with Crippen molar-refractivity contribution in [3.8, 4) is 0 Å². The van der Waals surface area contributed by atoms with Gasteiger partial charge in [-0.15, -0.1) is 0 Å². The summed E-state index contributed by atoms with van der Waals surface area (Å²) in [5.41, 5.74) is 0. The second-order valence-electron chi connectivity index (χ2n) is 3.54. The molecule has 1 unspecified atom stereocenters. The average Bonchev–Trinajstić information content (AvgIpc) is 2.30. The second-order valence-corrected chi connectivity index (χ2v) is 4.52. The normalized spacial score (nSPS) is 11.9. The van der Waals surface area contributed by atoms with Crippen molar-refractivity contribution in [3.63, 3.8) is 0 Å². The van der Waals surface area contributed by atoms with E-state index in [1.54, 1.807) is 18.8 Å². The fourth-order valence-electron chi connectivity index (χ4n) is 1.08. The number of carbonyl (C=O) groups excluding carboxylic acids is 1. The molecule has 0 aliphatic rings. The highest BCUT2D eigenvalue weighted by atomic mass is 32.2. The number of carboxylic acid groups (broad SMARTS) is 1. The van der Waals surface area contributed by atoms with Crippen molar-refractivity contribution < 1.29 is 19.4 Å². The number of thioether (sulfide) groups is 1. The lowest BCUT2D eigenvalue weighted by Crippen LogP contribution is -2.47. The molecule has 0 saturated carbocycles. The Morgan fingerprint density at radius 1 is 1.53 bits per heavy atom. The number of rotatable bonds is 8. The molecule has 0 aliphatic carbocycles. The van der Waals surface area contributed by atoms with Gasteiger partial charge in [-0.1, -0.05) is 0 Å². The summed E-state index contributed by atoms with van der Waals surface area (Å²) in [5, 5.41) is 11.4. The van der Waals surface area contributed by atoms with Crippen molar-refractivity contribution in [1.29, 1.82) is 0 Å². The van der Waals surface area contributed by atoms with E-state index in [9.17, 15) is 9.59 Å². The molecule has 0 rings (SSSR count). The van der Waals surface area contributed by atoms with Crippen molar-refractivity contribution >= 4 is 23.8 Å². The average molecular weight is 264 g/mol. The first-order chi connectivity index (χ1) is 8.02. The zero-order valence-corrected chi connectivity index (χ0v) is 11.2. The number of methoxy groups -OCH3 is 1. The van der Waals surface area contributed by atoms with Crippen molar-refractivity contribution in [3.05, 3.63) is 0 Å². The Kier molecular flexibility index (Phi) is 8.61. The van der Waals surface area contributed by atoms with Crippen LogP contribution >= 0.6 is 11.8 Å². The Bertz CT molecular complexity index is 250. The number of urea groups is 1. The van der Waals surface area contributed by atoms with Crippen LogP contribution in [0.3, 0.4) is 0 Å². The summed E-state index contributed by atoms with van der Waals surface area (Å²) in [6, 6.07) is -1.28. The maximum atomic E-state index is 11.6. The standard InChI is InChI=1S/C10H20N2O4S/c1-12(5-7-17-3)10(15)11-8(9(13)14)4-6-16-2/h8H,4-7H2,1-3H3,(H,11,15)(H,13,14). The quantitative estimate of drug-likeness (QED) is 0.666. The van der Waals surface area contributed by atoms with Gasteiger partial charge in [0.25, 0.3) is 0 Å². The molecule has 0 saturated heterocycles. The molecule has 100 valence electrons. The summed E-state index contributed by atoms with van der Waals surface area (Å²) in [6.07, 6.45) is 2.21. The summed E-state index contributed by atoms with van der Waals surface area (Å²) in [7, 11) is 3.13. The van der Waals surface area contributed by atoms with E-state index in [1.165, 1.54) is 12.0 Å². The lowest BCUT2D eigenvalue weighted by Gasteiger charge is -2.20. The summed E-state index contributed by atoms with van der Waals surface area (Å²) in [6.45, 7) is 0.884. The van der Waals surface area contributed by atoms with Gasteiger partial charge in [-0.05, 0) is 6.26 Å². The number of hydrogen-bond acceptors (Lipinski definition) is 4. The summed E-state index contributed by atoms with van der Waals surface area (Å²) in [4.78, 5) is 24.0. The molecule has 0 radical (unpaired) electrons. The van der Waals surface area contributed by atoms with Gasteiger partial charge >= 0.3 is 12.0 Å². The number of carboxylic acids is 1. The predicted octanol–water partition coefficient (Wildman–Crippen LogP) is 0.480. The molecule has 0 aromatic rings. The van der Waals surface area contributed by atoms with Crippen LogP contribution in [0.25, 0.3) is 0 Å². The second kappa shape index (κ2) is 9.12. The monoisotopic (exact) mass is 264 g/mol. The van der Waals surface area contributed by atoms with Crippen LogP contribution < -0.4 is 5.32 Å². The van der Waals surface area contributed by atoms with Crippen LogP contribution in [-0.4, -0.2) is 67.4 Å². The number of nitrogens with one attached hydrogen (secondary N) is 1. The van der Waals surface area contributed by atoms with Gasteiger partial charge in [0.15, 0.2) is 0 Å². The Labute approximate surface area is 106 Å². The van der Waals surface area contributed by atoms with Crippen molar-refractivity contribution in [1.82, 2.24) is 10.2 Å². The molecule has 0 fully saturated rings. The fourth-order valence-corrected chi connectivity index (χ4v) is 1.54. The molecule has 2 N–H and O–H groups in total. The van der Waals surface area contributed by atoms with E-state index in [4.69, 9.17) is 9.84 Å². The number of carbonyl (C=O) groups is 2. The van der Waals surface area contributed by atoms with Crippen LogP contribution in [0.4, 0.5) is 4.79 Å². The Hall–Kier alpha value is -0.950. The van der Waals surface area contributed by atoms with Crippen LogP contribution in [-0.2, 0) is 9.53 Å². The molecule has 0 heterocycles. The van der Waals surface area contributed by atoms with Gasteiger partial charge in [0, 0.05) is 39.5 Å². The summed E-state index contributed by atoms with van der Waals surface area (Å²) in [5.74, 6) is -0.228. The fraction of sp³-hybridized carbons (Fsp3) is 0.800. The highest BCUT2D eigenvalue weighted by Gasteiger charge is 2.21. The highest BCUT2D eigenvalue weighted by molar-refractivity contribution is 7.98. The van der Waals surface area contributed by atoms with Gasteiger partial charge in [0.05, 0.1) is 0 Å². The Balaban J connectivity index is 4.15. The van der Waals surface area contributed by atoms with Gasteiger partial charge in [-0.3, -0.25) is 0 Å². The molecular weight excluding hydrogens is 244 g/mol. The number of amides is 2. The molecule has 0 spiro atoms. The largest absolute Gasteiger partial charge is 0.480 e. The first kappa shape index (κ1) is 16.1. The first-order valence-electron chi connectivity index (χ1n) is 5.25. The smallest absolute Gasteiger partial charge is 0.326 e. The minimum absolute atomic E-state index is 0.258. The van der Waals surface area contributed by atoms with Crippen LogP contribution in [0.5, 0.6) is 0 Å². The third-order valence-electron chi connectivity index (χ3n) is 2.18. The molecule has 0 aromatic carbocycles. The summed E-state index contributed by atoms with van der Waals surface area (Å²) < 4.78 is 4.80. The number of hydrogen-bond donors (Lipinski definition) is 2. The van der Waals surface area contributed by atoms with E-state index in [0.29, 0.717) is 13.2 Å². The summed E-state index contributed by atoms with van der Waals surface area (Å²) >= 11 is 1.63. The zero-order chi connectivity index (χ0) is 13.3. The van der Waals surface area contributed by atoms with Gasteiger partial charge in [0.1, 0.15) is 6.04 Å². The van der Waals surface area contributed by atoms with Crippen LogP contribution in [0.2, 0.25) is 0 Å². The minimum atomic E-state index is -1.05. The number of ether oxygens (including phenoxy) is 1. The van der Waals surface area contributed by atoms with Crippen molar-refractivity contribution in [2.45, 2.75) is 12.5 Å². The molecule has 17 heavy (non-hydrogen) atoms. The topological polar surface area (TPSA) is 78.9 Å². The maximum Gasteiger partial charge on any atom is 0.326 e.